The van der Waals surface area contributed by atoms with E-state index in [4.69, 9.17) is 4.74 Å². The van der Waals surface area contributed by atoms with Crippen LogP contribution in [0.1, 0.15) is 76.7 Å². The molecule has 0 bridgehead atoms. The first-order valence-corrected chi connectivity index (χ1v) is 14.3. The van der Waals surface area contributed by atoms with Crippen LogP contribution in [0.15, 0.2) is 52.3 Å². The molecule has 0 fully saturated rings. The Balaban J connectivity index is 0.00000578. The first-order chi connectivity index (χ1) is 15.6. The van der Waals surface area contributed by atoms with Crippen molar-refractivity contribution in [3.05, 3.63) is 48.0 Å². The Bertz CT molecular complexity index is 1090. The van der Waals surface area contributed by atoms with Gasteiger partial charge in [0.05, 0.1) is 9.79 Å². The summed E-state index contributed by atoms with van der Waals surface area (Å²) in [6.07, 6.45) is 10.9. The van der Waals surface area contributed by atoms with E-state index in [2.05, 4.69) is 6.92 Å². The predicted molar refractivity (Wildman–Crippen MR) is 124 cm³/mol. The summed E-state index contributed by atoms with van der Waals surface area (Å²) < 4.78 is 76.5. The number of ether oxygens (including phenoxy) is 1. The molecule has 11 heteroatoms. The second-order valence-corrected chi connectivity index (χ2v) is 10.9. The number of hydrogen-bond acceptors (Lipinski definition) is 7. The third-order valence-corrected chi connectivity index (χ3v) is 7.21. The van der Waals surface area contributed by atoms with Gasteiger partial charge in [-0.15, -0.1) is 0 Å². The number of hydrogen-bond donors (Lipinski definition) is 0. The molecule has 0 spiro atoms. The van der Waals surface area contributed by atoms with E-state index < -0.39 is 35.8 Å². The maximum atomic E-state index is 11.9. The van der Waals surface area contributed by atoms with Crippen LogP contribution in [-0.2, 0) is 26.7 Å². The molecule has 0 atom stereocenters. The maximum Gasteiger partial charge on any atom is 1.00 e. The third-order valence-electron chi connectivity index (χ3n) is 5.44. The van der Waals surface area contributed by atoms with Gasteiger partial charge in [0.2, 0.25) is 0 Å². The van der Waals surface area contributed by atoms with Crippen LogP contribution in [0.4, 0.5) is 0 Å². The summed E-state index contributed by atoms with van der Waals surface area (Å²) in [4.78, 5) is -1.24. The van der Waals surface area contributed by atoms with E-state index in [0.29, 0.717) is 6.42 Å². The first kappa shape index (κ1) is 35.1. The van der Waals surface area contributed by atoms with Crippen LogP contribution in [0.3, 0.4) is 0 Å². The fourth-order valence-electron chi connectivity index (χ4n) is 3.71. The van der Waals surface area contributed by atoms with E-state index in [1.807, 2.05) is 0 Å². The van der Waals surface area contributed by atoms with E-state index in [1.54, 1.807) is 18.2 Å². The standard InChI is InChI=1S/C24H34O7S2.2Na/c1-2-3-4-5-6-7-8-9-10-12-15-20-18-24(33(28,29)30)22(19-23(20)32(25,26)27)31-21-16-13-11-14-17-21;;/h11,13-14,16-19H,2-10,12,15H2,1H3,(H,25,26,27)(H,28,29,30);;/q;2*+1/p-2. The molecule has 2 aromatic rings. The van der Waals surface area contributed by atoms with Gasteiger partial charge in [-0.3, -0.25) is 0 Å². The van der Waals surface area contributed by atoms with Crippen LogP contribution < -0.4 is 63.9 Å². The fourth-order valence-corrected chi connectivity index (χ4v) is 5.07. The van der Waals surface area contributed by atoms with Crippen molar-refractivity contribution in [3.63, 3.8) is 0 Å². The topological polar surface area (TPSA) is 124 Å². The zero-order valence-corrected chi connectivity index (χ0v) is 26.6. The van der Waals surface area contributed by atoms with Crippen molar-refractivity contribution in [3.8, 4) is 11.5 Å². The number of rotatable bonds is 15. The molecule has 7 nitrogen and oxygen atoms in total. The molecule has 35 heavy (non-hydrogen) atoms. The molecule has 2 rings (SSSR count). The Morgan fingerprint density at radius 1 is 0.686 bits per heavy atom. The number of unbranched alkanes of at least 4 members (excludes halogenated alkanes) is 9. The molecular formula is C24H32Na2O7S2. The Labute approximate surface area is 254 Å². The quantitative estimate of drug-likeness (QED) is 0.173. The fraction of sp³-hybridized carbons (Fsp3) is 0.500. The summed E-state index contributed by atoms with van der Waals surface area (Å²) in [7, 11) is -9.86. The van der Waals surface area contributed by atoms with Crippen molar-refractivity contribution in [1.82, 2.24) is 0 Å². The Morgan fingerprint density at radius 3 is 1.66 bits per heavy atom. The second kappa shape index (κ2) is 17.5. The first-order valence-electron chi connectivity index (χ1n) is 11.4. The Morgan fingerprint density at radius 2 is 1.17 bits per heavy atom. The van der Waals surface area contributed by atoms with Gasteiger partial charge in [-0.1, -0.05) is 82.9 Å². The largest absolute Gasteiger partial charge is 1.00 e. The van der Waals surface area contributed by atoms with E-state index in [0.717, 1.165) is 37.8 Å². The minimum absolute atomic E-state index is 0. The minimum Gasteiger partial charge on any atom is -0.744 e. The van der Waals surface area contributed by atoms with Crippen LogP contribution in [0, 0.1) is 0 Å². The molecule has 0 aliphatic carbocycles. The molecule has 2 aromatic carbocycles. The third kappa shape index (κ3) is 12.9. The molecule has 0 unspecified atom stereocenters. The zero-order chi connectivity index (χ0) is 24.3. The Kier molecular flexibility index (Phi) is 17.6. The monoisotopic (exact) mass is 542 g/mol. The second-order valence-electron chi connectivity index (χ2n) is 8.16. The molecule has 0 aliphatic heterocycles. The van der Waals surface area contributed by atoms with E-state index >= 15 is 0 Å². The molecule has 0 aliphatic rings. The van der Waals surface area contributed by atoms with Gasteiger partial charge in [-0.25, -0.2) is 16.8 Å². The minimum atomic E-state index is -4.96. The van der Waals surface area contributed by atoms with Gasteiger partial charge in [0.15, 0.2) is 0 Å². The van der Waals surface area contributed by atoms with Gasteiger partial charge in [0, 0.05) is 0 Å². The average molecular weight is 543 g/mol. The van der Waals surface area contributed by atoms with Gasteiger partial charge < -0.3 is 13.8 Å². The van der Waals surface area contributed by atoms with Gasteiger partial charge in [0.1, 0.15) is 31.7 Å². The van der Waals surface area contributed by atoms with Gasteiger partial charge in [0.25, 0.3) is 0 Å². The smallest absolute Gasteiger partial charge is 0.744 e. The summed E-state index contributed by atoms with van der Waals surface area (Å²) in [6.45, 7) is 2.18. The van der Waals surface area contributed by atoms with Crippen molar-refractivity contribution < 1.29 is 89.8 Å². The van der Waals surface area contributed by atoms with Crippen molar-refractivity contribution in [2.45, 2.75) is 87.3 Å². The molecule has 0 aromatic heterocycles. The van der Waals surface area contributed by atoms with Crippen molar-refractivity contribution in [2.24, 2.45) is 0 Å². The number of para-hydroxylation sites is 1. The molecule has 0 N–H and O–H groups in total. The predicted octanol–water partition coefficient (Wildman–Crippen LogP) is -0.241. The van der Waals surface area contributed by atoms with E-state index in [9.17, 15) is 25.9 Å². The number of aryl methyl sites for hydroxylation is 1. The van der Waals surface area contributed by atoms with Crippen molar-refractivity contribution in [2.75, 3.05) is 0 Å². The van der Waals surface area contributed by atoms with Crippen molar-refractivity contribution in [1.29, 1.82) is 0 Å². The summed E-state index contributed by atoms with van der Waals surface area (Å²) in [5, 5.41) is 0. The molecule has 184 valence electrons. The maximum absolute atomic E-state index is 11.9. The van der Waals surface area contributed by atoms with Crippen molar-refractivity contribution >= 4 is 20.2 Å². The van der Waals surface area contributed by atoms with Crippen LogP contribution in [-0.4, -0.2) is 25.9 Å². The van der Waals surface area contributed by atoms with Crippen LogP contribution >= 0.6 is 0 Å². The molecular weight excluding hydrogens is 510 g/mol. The summed E-state index contributed by atoms with van der Waals surface area (Å²) in [5.74, 6) is -0.267. The molecule has 0 saturated carbocycles. The van der Waals surface area contributed by atoms with Gasteiger partial charge >= 0.3 is 59.1 Å². The zero-order valence-electron chi connectivity index (χ0n) is 21.0. The summed E-state index contributed by atoms with van der Waals surface area (Å²) in [5.41, 5.74) is 0.0272. The Hall–Kier alpha value is 0.0600. The average Bonchev–Trinajstić information content (AvgIpc) is 2.75. The van der Waals surface area contributed by atoms with E-state index in [-0.39, 0.29) is 76.8 Å². The molecule has 0 saturated heterocycles. The molecule has 0 heterocycles. The van der Waals surface area contributed by atoms with Gasteiger partial charge in [-0.2, -0.15) is 0 Å². The summed E-state index contributed by atoms with van der Waals surface area (Å²) in [6, 6.07) is 9.83. The van der Waals surface area contributed by atoms with Crippen LogP contribution in [0.2, 0.25) is 0 Å². The van der Waals surface area contributed by atoms with Crippen LogP contribution in [0.25, 0.3) is 0 Å². The SMILES string of the molecule is CCCCCCCCCCCCc1cc(S(=O)(=O)[O-])c(Oc2ccccc2)cc1S(=O)(=O)[O-].[Na+].[Na+]. The number of benzene rings is 2. The van der Waals surface area contributed by atoms with Gasteiger partial charge in [-0.05, 0) is 42.7 Å². The molecule has 0 amide bonds. The molecule has 0 radical (unpaired) electrons. The normalized spacial score (nSPS) is 11.4. The summed E-state index contributed by atoms with van der Waals surface area (Å²) >= 11 is 0. The van der Waals surface area contributed by atoms with Crippen LogP contribution in [0.5, 0.6) is 11.5 Å². The van der Waals surface area contributed by atoms with E-state index in [1.165, 1.54) is 44.2 Å².